The van der Waals surface area contributed by atoms with E-state index in [-0.39, 0.29) is 35.7 Å². The highest BCUT2D eigenvalue weighted by Crippen LogP contribution is 2.24. The highest BCUT2D eigenvalue weighted by molar-refractivity contribution is 5.28. The summed E-state index contributed by atoms with van der Waals surface area (Å²) in [6.45, 7) is 4.03. The zero-order chi connectivity index (χ0) is 16.0. The van der Waals surface area contributed by atoms with E-state index in [1.807, 2.05) is 0 Å². The standard InChI is InChI=1S/C13H20/c1-10(2)11-6-8-12(9-7-11)13(3,4)5/h6-10H,1-5H3/i3D3,6D,7D,8D,9D. The van der Waals surface area contributed by atoms with Gasteiger partial charge in [0.25, 0.3) is 0 Å². The van der Waals surface area contributed by atoms with Gasteiger partial charge in [-0.2, -0.15) is 0 Å². The molecule has 0 aliphatic rings. The molecule has 0 spiro atoms. The Kier molecular flexibility index (Phi) is 1.13. The SMILES string of the molecule is [2H]c1c([2H])c(C(C)(C)C([2H])([2H])[2H])c([2H])c([2H])c1C(C)C. The first-order valence-corrected chi connectivity index (χ1v) is 4.44. The van der Waals surface area contributed by atoms with Crippen LogP contribution in [-0.4, -0.2) is 0 Å². The minimum atomic E-state index is -2.41. The predicted octanol–water partition coefficient (Wildman–Crippen LogP) is 4.11. The second-order valence-electron chi connectivity index (χ2n) is 4.07. The zero-order valence-corrected chi connectivity index (χ0v) is 8.58. The molecule has 0 amide bonds. The molecule has 0 heterocycles. The van der Waals surface area contributed by atoms with E-state index in [0.29, 0.717) is 5.56 Å². The van der Waals surface area contributed by atoms with Crippen molar-refractivity contribution < 1.29 is 9.60 Å². The fraction of sp³-hybridized carbons (Fsp3) is 0.538. The Morgan fingerprint density at radius 1 is 1.23 bits per heavy atom. The van der Waals surface area contributed by atoms with Crippen LogP contribution >= 0.6 is 0 Å². The molecule has 1 rings (SSSR count). The van der Waals surface area contributed by atoms with E-state index in [2.05, 4.69) is 0 Å². The lowest BCUT2D eigenvalue weighted by Gasteiger charge is -2.19. The molecule has 0 unspecified atom stereocenters. The molecule has 0 heteroatoms. The Morgan fingerprint density at radius 3 is 2.15 bits per heavy atom. The largest absolute Gasteiger partial charge is 0.0626 e. The van der Waals surface area contributed by atoms with Crippen molar-refractivity contribution in [3.8, 4) is 0 Å². The van der Waals surface area contributed by atoms with Crippen LogP contribution in [0.15, 0.2) is 24.2 Å². The molecule has 0 radical (unpaired) electrons. The van der Waals surface area contributed by atoms with Crippen LogP contribution in [0.2, 0.25) is 0 Å². The minimum absolute atomic E-state index is 0.0445. The lowest BCUT2D eigenvalue weighted by molar-refractivity contribution is 0.589. The second-order valence-corrected chi connectivity index (χ2v) is 4.07. The zero-order valence-electron chi connectivity index (χ0n) is 15.6. The van der Waals surface area contributed by atoms with Crippen LogP contribution in [0.3, 0.4) is 0 Å². The van der Waals surface area contributed by atoms with Crippen LogP contribution in [0.5, 0.6) is 0 Å². The monoisotopic (exact) mass is 183 g/mol. The topological polar surface area (TPSA) is 0 Å². The summed E-state index contributed by atoms with van der Waals surface area (Å²) < 4.78 is 54.9. The van der Waals surface area contributed by atoms with Crippen LogP contribution in [0.4, 0.5) is 0 Å². The van der Waals surface area contributed by atoms with E-state index in [1.165, 1.54) is 13.8 Å². The summed E-state index contributed by atoms with van der Waals surface area (Å²) in [7, 11) is 0. The number of rotatable bonds is 1. The van der Waals surface area contributed by atoms with Gasteiger partial charge in [0, 0.05) is 4.11 Å². The molecule has 1 aromatic rings. The maximum absolute atomic E-state index is 8.06. The third-order valence-corrected chi connectivity index (χ3v) is 1.85. The van der Waals surface area contributed by atoms with Crippen molar-refractivity contribution in [2.45, 2.75) is 45.9 Å². The van der Waals surface area contributed by atoms with E-state index in [4.69, 9.17) is 9.60 Å². The molecule has 0 saturated heterocycles. The first-order chi connectivity index (χ1) is 8.84. The van der Waals surface area contributed by atoms with E-state index >= 15 is 0 Å². The van der Waals surface area contributed by atoms with Gasteiger partial charge in [0.2, 0.25) is 0 Å². The van der Waals surface area contributed by atoms with Crippen molar-refractivity contribution in [3.05, 3.63) is 35.3 Å². The molecule has 0 saturated carbocycles. The molecule has 0 aliphatic heterocycles. The Morgan fingerprint density at radius 2 is 1.77 bits per heavy atom. The molecule has 0 nitrogen and oxygen atoms in total. The van der Waals surface area contributed by atoms with E-state index in [9.17, 15) is 0 Å². The van der Waals surface area contributed by atoms with Gasteiger partial charge in [0.1, 0.15) is 0 Å². The number of hydrogen-bond acceptors (Lipinski definition) is 0. The molecular weight excluding hydrogens is 156 g/mol. The molecule has 0 aromatic heterocycles. The van der Waals surface area contributed by atoms with Gasteiger partial charge in [-0.05, 0) is 22.5 Å². The second kappa shape index (κ2) is 3.53. The summed E-state index contributed by atoms with van der Waals surface area (Å²) in [5.74, 6) is -0.159. The maximum Gasteiger partial charge on any atom is 0.0626 e. The highest BCUT2D eigenvalue weighted by atomic mass is 14.2. The van der Waals surface area contributed by atoms with E-state index in [1.54, 1.807) is 13.8 Å². The summed E-state index contributed by atoms with van der Waals surface area (Å²) in [6.07, 6.45) is 0. The van der Waals surface area contributed by atoms with Crippen LogP contribution in [0, 0.1) is 0 Å². The lowest BCUT2D eigenvalue weighted by Crippen LogP contribution is -2.10. The van der Waals surface area contributed by atoms with Gasteiger partial charge >= 0.3 is 0 Å². The Bertz CT molecular complexity index is 497. The van der Waals surface area contributed by atoms with E-state index in [0.717, 1.165) is 0 Å². The van der Waals surface area contributed by atoms with Crippen LogP contribution < -0.4 is 0 Å². The molecular formula is C13H20. The van der Waals surface area contributed by atoms with Gasteiger partial charge in [0.15, 0.2) is 0 Å². The van der Waals surface area contributed by atoms with Gasteiger partial charge in [-0.25, -0.2) is 0 Å². The quantitative estimate of drug-likeness (QED) is 0.614. The van der Waals surface area contributed by atoms with Crippen molar-refractivity contribution in [2.24, 2.45) is 0 Å². The van der Waals surface area contributed by atoms with Crippen molar-refractivity contribution in [3.63, 3.8) is 0 Å². The molecule has 0 bridgehead atoms. The minimum Gasteiger partial charge on any atom is -0.0587 e. The first-order valence-electron chi connectivity index (χ1n) is 7.94. The van der Waals surface area contributed by atoms with Crippen LogP contribution in [0.25, 0.3) is 0 Å². The summed E-state index contributed by atoms with van der Waals surface area (Å²) in [6, 6.07) is -0.798. The van der Waals surface area contributed by atoms with Crippen LogP contribution in [-0.2, 0) is 5.41 Å². The fourth-order valence-electron chi connectivity index (χ4n) is 0.923. The van der Waals surface area contributed by atoms with Gasteiger partial charge in [-0.3, -0.25) is 0 Å². The van der Waals surface area contributed by atoms with Gasteiger partial charge in [0.05, 0.1) is 5.48 Å². The molecule has 0 N–H and O–H groups in total. The molecule has 1 aromatic carbocycles. The Hall–Kier alpha value is -0.780. The number of hydrogen-bond donors (Lipinski definition) is 0. The molecule has 0 atom stereocenters. The van der Waals surface area contributed by atoms with Gasteiger partial charge < -0.3 is 0 Å². The summed E-state index contributed by atoms with van der Waals surface area (Å²) in [5.41, 5.74) is -1.16. The summed E-state index contributed by atoms with van der Waals surface area (Å²) >= 11 is 0. The maximum atomic E-state index is 8.06. The molecule has 0 fully saturated rings. The normalized spacial score (nSPS) is 20.8. The molecule has 13 heavy (non-hydrogen) atoms. The fourth-order valence-corrected chi connectivity index (χ4v) is 0.923. The average Bonchev–Trinajstić information content (AvgIpc) is 2.24. The third kappa shape index (κ3) is 2.58. The number of benzene rings is 1. The Labute approximate surface area is 91.8 Å². The Balaban J connectivity index is 3.77. The van der Waals surface area contributed by atoms with E-state index < -0.39 is 12.3 Å². The van der Waals surface area contributed by atoms with Crippen molar-refractivity contribution in [1.82, 2.24) is 0 Å². The summed E-state index contributed by atoms with van der Waals surface area (Å²) in [4.78, 5) is 0. The molecule has 72 valence electrons. The predicted molar refractivity (Wildman–Crippen MR) is 59.2 cm³/mol. The van der Waals surface area contributed by atoms with Crippen molar-refractivity contribution in [2.75, 3.05) is 0 Å². The third-order valence-electron chi connectivity index (χ3n) is 1.85. The first kappa shape index (κ1) is 4.16. The highest BCUT2D eigenvalue weighted by Gasteiger charge is 2.12. The van der Waals surface area contributed by atoms with Crippen LogP contribution in [0.1, 0.15) is 61.2 Å². The smallest absolute Gasteiger partial charge is 0.0587 e. The average molecular weight is 183 g/mol. The van der Waals surface area contributed by atoms with Crippen molar-refractivity contribution in [1.29, 1.82) is 0 Å². The van der Waals surface area contributed by atoms with Crippen molar-refractivity contribution >= 4 is 0 Å². The van der Waals surface area contributed by atoms with Gasteiger partial charge in [-0.15, -0.1) is 0 Å². The molecule has 0 aliphatic carbocycles. The van der Waals surface area contributed by atoms with Gasteiger partial charge in [-0.1, -0.05) is 58.7 Å². The summed E-state index contributed by atoms with van der Waals surface area (Å²) in [5, 5.41) is 0. The lowest BCUT2D eigenvalue weighted by atomic mass is 9.86.